The van der Waals surface area contributed by atoms with Crippen LogP contribution in [-0.2, 0) is 5.41 Å². The van der Waals surface area contributed by atoms with Crippen LogP contribution in [-0.4, -0.2) is 33.8 Å². The number of nitrogens with zero attached hydrogens (tertiary/aromatic N) is 3. The Morgan fingerprint density at radius 3 is 2.85 bits per heavy atom. The lowest BCUT2D eigenvalue weighted by molar-refractivity contribution is 0.101. The van der Waals surface area contributed by atoms with E-state index in [2.05, 4.69) is 31.0 Å². The van der Waals surface area contributed by atoms with E-state index in [4.69, 9.17) is 21.3 Å². The van der Waals surface area contributed by atoms with E-state index >= 15 is 0 Å². The Hall–Kier alpha value is -1.66. The van der Waals surface area contributed by atoms with Crippen molar-refractivity contribution in [3.63, 3.8) is 0 Å². The summed E-state index contributed by atoms with van der Waals surface area (Å²) >= 11 is 7.34. The molecule has 0 saturated heterocycles. The topological polar surface area (TPSA) is 65.0 Å². The van der Waals surface area contributed by atoms with Gasteiger partial charge in [0.15, 0.2) is 5.78 Å². The van der Waals surface area contributed by atoms with Crippen molar-refractivity contribution in [2.24, 2.45) is 5.41 Å². The van der Waals surface area contributed by atoms with Crippen LogP contribution in [0.15, 0.2) is 23.4 Å². The van der Waals surface area contributed by atoms with Gasteiger partial charge in [-0.15, -0.1) is 5.10 Å². The van der Waals surface area contributed by atoms with E-state index in [1.165, 1.54) is 18.9 Å². The van der Waals surface area contributed by atoms with E-state index in [9.17, 15) is 4.79 Å². The van der Waals surface area contributed by atoms with E-state index in [-0.39, 0.29) is 22.4 Å². The number of halogens is 1. The Balaban J connectivity index is 1.55. The van der Waals surface area contributed by atoms with Gasteiger partial charge < -0.3 is 4.74 Å². The summed E-state index contributed by atoms with van der Waals surface area (Å²) in [6.45, 7) is 6.88. The van der Waals surface area contributed by atoms with Crippen LogP contribution in [0.2, 0.25) is 5.02 Å². The molecule has 1 aromatic carbocycles. The fourth-order valence-electron chi connectivity index (χ4n) is 4.53. The minimum atomic E-state index is -0.0727. The van der Waals surface area contributed by atoms with Gasteiger partial charge in [-0.25, -0.2) is 4.98 Å². The fraction of sp³-hybridized carbons (Fsp3) is 0.500. The Kier molecular flexibility index (Phi) is 4.47. The number of thioether (sulfide) groups is 1. The van der Waals surface area contributed by atoms with Crippen LogP contribution >= 0.6 is 23.4 Å². The average molecular weight is 404 g/mol. The van der Waals surface area contributed by atoms with Crippen molar-refractivity contribution in [2.75, 3.05) is 12.9 Å². The minimum absolute atomic E-state index is 0.0262. The van der Waals surface area contributed by atoms with Crippen LogP contribution in [0.4, 0.5) is 0 Å². The molecule has 2 atom stereocenters. The summed E-state index contributed by atoms with van der Waals surface area (Å²) < 4.78 is 5.27. The molecule has 0 aliphatic heterocycles. The Morgan fingerprint density at radius 1 is 1.33 bits per heavy atom. The van der Waals surface area contributed by atoms with Gasteiger partial charge in [0.2, 0.25) is 5.16 Å². The highest BCUT2D eigenvalue weighted by molar-refractivity contribution is 7.99. The van der Waals surface area contributed by atoms with Crippen molar-refractivity contribution in [1.82, 2.24) is 15.2 Å². The number of aromatic nitrogens is 3. The maximum atomic E-state index is 12.6. The fourth-order valence-corrected chi connectivity index (χ4v) is 5.37. The summed E-state index contributed by atoms with van der Waals surface area (Å²) in [7, 11) is 1.54. The summed E-state index contributed by atoms with van der Waals surface area (Å²) in [6.07, 6.45) is 2.27. The van der Waals surface area contributed by atoms with Gasteiger partial charge in [-0.2, -0.15) is 5.10 Å². The molecule has 1 aromatic heterocycles. The predicted octanol–water partition coefficient (Wildman–Crippen LogP) is 4.68. The number of Topliss-reactive ketones (excluding diaryl/α,β-unsaturated/α-hetero) is 1. The molecule has 27 heavy (non-hydrogen) atoms. The zero-order valence-electron chi connectivity index (χ0n) is 15.9. The third-order valence-electron chi connectivity index (χ3n) is 6.57. The molecule has 0 amide bonds. The molecule has 7 heteroatoms. The quantitative estimate of drug-likeness (QED) is 0.533. The Morgan fingerprint density at radius 2 is 2.11 bits per heavy atom. The lowest BCUT2D eigenvalue weighted by Gasteiger charge is -2.33. The smallest absolute Gasteiger partial charge is 0.209 e. The van der Waals surface area contributed by atoms with Crippen LogP contribution in [0.3, 0.4) is 0 Å². The maximum Gasteiger partial charge on any atom is 0.209 e. The molecule has 0 unspecified atom stereocenters. The van der Waals surface area contributed by atoms with Gasteiger partial charge in [0.1, 0.15) is 5.75 Å². The molecule has 1 heterocycles. The molecule has 1 fully saturated rings. The highest BCUT2D eigenvalue weighted by Gasteiger charge is 2.61. The van der Waals surface area contributed by atoms with Crippen molar-refractivity contribution >= 4 is 29.1 Å². The van der Waals surface area contributed by atoms with Gasteiger partial charge in [-0.1, -0.05) is 44.1 Å². The molecule has 2 bridgehead atoms. The largest absolute Gasteiger partial charge is 0.496 e. The third-order valence-corrected chi connectivity index (χ3v) is 7.64. The third kappa shape index (κ3) is 2.76. The number of benzene rings is 1. The summed E-state index contributed by atoms with van der Waals surface area (Å²) in [6, 6.07) is 5.04. The minimum Gasteiger partial charge on any atom is -0.496 e. The molecular weight excluding hydrogens is 382 g/mol. The second-order valence-corrected chi connectivity index (χ2v) is 9.41. The first kappa shape index (κ1) is 18.7. The zero-order valence-corrected chi connectivity index (χ0v) is 17.4. The molecule has 0 spiro atoms. The maximum absolute atomic E-state index is 12.6. The van der Waals surface area contributed by atoms with Crippen LogP contribution in [0.5, 0.6) is 5.75 Å². The second-order valence-electron chi connectivity index (χ2n) is 8.03. The van der Waals surface area contributed by atoms with Gasteiger partial charge in [0.05, 0.1) is 29.8 Å². The number of carbonyl (C=O) groups excluding carboxylic acids is 1. The van der Waals surface area contributed by atoms with Crippen molar-refractivity contribution in [3.8, 4) is 5.75 Å². The van der Waals surface area contributed by atoms with Gasteiger partial charge >= 0.3 is 0 Å². The number of methoxy groups -OCH3 is 1. The molecule has 0 N–H and O–H groups in total. The SMILES string of the molecule is COc1ccc(Cl)cc1C(=O)CSc1nnc2c(n1)[C@]1(C)CC[C@@H]2C1(C)C. The number of carbonyl (C=O) groups is 1. The highest BCUT2D eigenvalue weighted by Crippen LogP contribution is 2.66. The van der Waals surface area contributed by atoms with Crippen LogP contribution in [0, 0.1) is 5.41 Å². The zero-order chi connectivity index (χ0) is 19.4. The standard InChI is InChI=1S/C20H22ClN3O2S/c1-19(2)13-7-8-20(19,3)17-16(13)23-24-18(22-17)27-10-14(25)12-9-11(21)5-6-15(12)26-4/h5-6,9,13H,7-8,10H2,1-4H3/t13-,20-/m0/s1. The monoisotopic (exact) mass is 403 g/mol. The van der Waals surface area contributed by atoms with Crippen molar-refractivity contribution < 1.29 is 9.53 Å². The number of ether oxygens (including phenoxy) is 1. The van der Waals surface area contributed by atoms with Crippen molar-refractivity contribution in [2.45, 2.75) is 50.1 Å². The van der Waals surface area contributed by atoms with Crippen molar-refractivity contribution in [1.29, 1.82) is 0 Å². The van der Waals surface area contributed by atoms with Gasteiger partial charge in [0, 0.05) is 16.4 Å². The van der Waals surface area contributed by atoms with Crippen LogP contribution in [0.25, 0.3) is 0 Å². The van der Waals surface area contributed by atoms with E-state index in [1.807, 2.05) is 0 Å². The Bertz CT molecular complexity index is 933. The van der Waals surface area contributed by atoms with Crippen molar-refractivity contribution in [3.05, 3.63) is 40.2 Å². The molecule has 4 rings (SSSR count). The van der Waals surface area contributed by atoms with Crippen LogP contribution < -0.4 is 4.74 Å². The molecular formula is C20H22ClN3O2S. The summed E-state index contributed by atoms with van der Waals surface area (Å²) in [5.74, 6) is 1.08. The molecule has 2 aliphatic carbocycles. The van der Waals surface area contributed by atoms with E-state index in [0.717, 1.165) is 24.2 Å². The molecule has 5 nitrogen and oxygen atoms in total. The summed E-state index contributed by atoms with van der Waals surface area (Å²) in [4.78, 5) is 17.5. The molecule has 0 radical (unpaired) electrons. The normalized spacial score (nSPS) is 24.7. The van der Waals surface area contributed by atoms with Gasteiger partial charge in [-0.05, 0) is 36.5 Å². The number of fused-ring (bicyclic) bond motifs is 5. The van der Waals surface area contributed by atoms with E-state index in [0.29, 0.717) is 27.4 Å². The number of hydrogen-bond acceptors (Lipinski definition) is 6. The van der Waals surface area contributed by atoms with Gasteiger partial charge in [0.25, 0.3) is 0 Å². The number of rotatable bonds is 5. The highest BCUT2D eigenvalue weighted by atomic mass is 35.5. The number of ketones is 1. The summed E-state index contributed by atoms with van der Waals surface area (Å²) in [5.41, 5.74) is 2.75. The first-order valence-electron chi connectivity index (χ1n) is 9.02. The first-order valence-corrected chi connectivity index (χ1v) is 10.4. The number of hydrogen-bond donors (Lipinski definition) is 0. The molecule has 2 aliphatic rings. The molecule has 142 valence electrons. The molecule has 2 aromatic rings. The van der Waals surface area contributed by atoms with E-state index in [1.54, 1.807) is 18.2 Å². The Labute approximate surface area is 168 Å². The average Bonchev–Trinajstić information content (AvgIpc) is 2.98. The van der Waals surface area contributed by atoms with E-state index < -0.39 is 0 Å². The second kappa shape index (κ2) is 6.45. The van der Waals surface area contributed by atoms with Gasteiger partial charge in [-0.3, -0.25) is 4.79 Å². The lowest BCUT2D eigenvalue weighted by Crippen LogP contribution is -2.32. The summed E-state index contributed by atoms with van der Waals surface area (Å²) in [5, 5.41) is 9.83. The van der Waals surface area contributed by atoms with Crippen LogP contribution in [0.1, 0.15) is 61.3 Å². The lowest BCUT2D eigenvalue weighted by atomic mass is 9.70. The molecule has 1 saturated carbocycles. The predicted molar refractivity (Wildman–Crippen MR) is 106 cm³/mol. The first-order chi connectivity index (χ1) is 12.8.